The van der Waals surface area contributed by atoms with E-state index in [1.165, 1.54) is 29.4 Å². The summed E-state index contributed by atoms with van der Waals surface area (Å²) in [5.41, 5.74) is -0.514. The van der Waals surface area contributed by atoms with Crippen LogP contribution in [0.2, 0.25) is 0 Å². The Hall–Kier alpha value is -3.15. The van der Waals surface area contributed by atoms with E-state index in [2.05, 4.69) is 15.0 Å². The smallest absolute Gasteiger partial charge is 0.317 e. The second-order valence-corrected chi connectivity index (χ2v) is 4.20. The Labute approximate surface area is 111 Å². The number of H-pyrrole nitrogens is 1. The van der Waals surface area contributed by atoms with Crippen LogP contribution in [0.25, 0.3) is 17.1 Å². The molecule has 0 amide bonds. The number of nitrogens with one attached hydrogen (secondary N) is 1. The molecule has 3 heterocycles. The number of hydrogen-bond acceptors (Lipinski definition) is 5. The van der Waals surface area contributed by atoms with Gasteiger partial charge in [-0.25, -0.2) is 9.78 Å². The summed E-state index contributed by atoms with van der Waals surface area (Å²) in [5.74, 6) is 0.387. The molecule has 0 bridgehead atoms. The van der Waals surface area contributed by atoms with Gasteiger partial charge in [0.2, 0.25) is 11.8 Å². The molecule has 100 valence electrons. The predicted octanol–water partition coefficient (Wildman–Crippen LogP) is -0.982. The zero-order valence-electron chi connectivity index (χ0n) is 10.7. The van der Waals surface area contributed by atoms with Crippen molar-refractivity contribution in [3.8, 4) is 12.0 Å². The zero-order chi connectivity index (χ0) is 14.4. The molecule has 0 radical (unpaired) electrons. The number of aromatic nitrogens is 6. The van der Waals surface area contributed by atoms with Gasteiger partial charge in [0.05, 0.1) is 0 Å². The molecule has 20 heavy (non-hydrogen) atoms. The molecule has 0 saturated carbocycles. The highest BCUT2D eigenvalue weighted by atomic mass is 16.2. The van der Waals surface area contributed by atoms with Crippen molar-refractivity contribution in [1.82, 2.24) is 28.7 Å². The van der Waals surface area contributed by atoms with E-state index in [0.717, 1.165) is 4.57 Å². The second kappa shape index (κ2) is 3.92. The molecule has 0 unspecified atom stereocenters. The van der Waals surface area contributed by atoms with Gasteiger partial charge >= 0.3 is 5.69 Å². The summed E-state index contributed by atoms with van der Waals surface area (Å²) in [6.07, 6.45) is 2.99. The van der Waals surface area contributed by atoms with Crippen LogP contribution in [0, 0.1) is 11.3 Å². The monoisotopic (exact) mass is 271 g/mol. The first-order valence-corrected chi connectivity index (χ1v) is 5.64. The summed E-state index contributed by atoms with van der Waals surface area (Å²) in [5, 5.41) is 8.94. The third-order valence-electron chi connectivity index (χ3n) is 3.05. The highest BCUT2D eigenvalue weighted by Crippen LogP contribution is 2.10. The fourth-order valence-electron chi connectivity index (χ4n) is 1.98. The number of nitrogens with zero attached hydrogens (tertiary/aromatic N) is 6. The lowest BCUT2D eigenvalue weighted by molar-refractivity contribution is 0.708. The first-order valence-electron chi connectivity index (χ1n) is 5.64. The van der Waals surface area contributed by atoms with Crippen molar-refractivity contribution in [3.63, 3.8) is 0 Å². The first-order chi connectivity index (χ1) is 9.54. The molecule has 0 fully saturated rings. The number of rotatable bonds is 1. The average Bonchev–Trinajstić information content (AvgIpc) is 3.08. The molecule has 9 heteroatoms. The number of aryl methyl sites for hydroxylation is 1. The van der Waals surface area contributed by atoms with Gasteiger partial charge in [-0.15, -0.1) is 0 Å². The van der Waals surface area contributed by atoms with Crippen LogP contribution in [0.3, 0.4) is 0 Å². The molecule has 3 rings (SSSR count). The molecule has 3 aromatic rings. The van der Waals surface area contributed by atoms with Gasteiger partial charge in [-0.05, 0) is 0 Å². The number of hydrogen-bond donors (Lipinski definition) is 1. The minimum atomic E-state index is -0.472. The van der Waals surface area contributed by atoms with E-state index in [-0.39, 0.29) is 22.9 Å². The third kappa shape index (κ3) is 1.42. The molecule has 0 atom stereocenters. The Morgan fingerprint density at radius 1 is 1.30 bits per heavy atom. The van der Waals surface area contributed by atoms with Crippen molar-refractivity contribution in [2.45, 2.75) is 0 Å². The summed E-state index contributed by atoms with van der Waals surface area (Å²) < 4.78 is 3.66. The Bertz CT molecular complexity index is 979. The summed E-state index contributed by atoms with van der Waals surface area (Å²) in [4.78, 5) is 34.7. The van der Waals surface area contributed by atoms with Crippen LogP contribution in [0.5, 0.6) is 0 Å². The molecular weight excluding hydrogens is 262 g/mol. The van der Waals surface area contributed by atoms with Gasteiger partial charge < -0.3 is 4.98 Å². The largest absolute Gasteiger partial charge is 0.332 e. The number of imidazole rings is 2. The Balaban J connectivity index is 2.41. The van der Waals surface area contributed by atoms with Crippen LogP contribution in [0.15, 0.2) is 22.0 Å². The van der Waals surface area contributed by atoms with Gasteiger partial charge in [-0.1, -0.05) is 0 Å². The fourth-order valence-corrected chi connectivity index (χ4v) is 1.98. The number of nitriles is 1. The molecule has 1 N–H and O–H groups in total. The predicted molar refractivity (Wildman–Crippen MR) is 68.4 cm³/mol. The summed E-state index contributed by atoms with van der Waals surface area (Å²) in [7, 11) is 2.91. The molecule has 3 aromatic heterocycles. The van der Waals surface area contributed by atoms with Crippen molar-refractivity contribution in [2.75, 3.05) is 0 Å². The van der Waals surface area contributed by atoms with Crippen molar-refractivity contribution in [2.24, 2.45) is 14.1 Å². The van der Waals surface area contributed by atoms with Crippen molar-refractivity contribution in [3.05, 3.63) is 39.1 Å². The molecule has 0 aliphatic carbocycles. The van der Waals surface area contributed by atoms with Crippen LogP contribution >= 0.6 is 0 Å². The Kier molecular flexibility index (Phi) is 2.34. The topological polar surface area (TPSA) is 114 Å². The van der Waals surface area contributed by atoms with E-state index >= 15 is 0 Å². The van der Waals surface area contributed by atoms with Gasteiger partial charge in [-0.2, -0.15) is 10.2 Å². The standard InChI is InChI=1S/C11H9N7O2/c1-16-8-7(9(19)17(2)11(16)20)14-10(15-8)18-4-3-13-6(18)5-12/h3-4H,1-2H3,(H,14,15). The van der Waals surface area contributed by atoms with Crippen LogP contribution in [0.4, 0.5) is 0 Å². The first kappa shape index (κ1) is 11.9. The van der Waals surface area contributed by atoms with Crippen molar-refractivity contribution < 1.29 is 0 Å². The van der Waals surface area contributed by atoms with E-state index in [1.54, 1.807) is 6.20 Å². The number of fused-ring (bicyclic) bond motifs is 1. The van der Waals surface area contributed by atoms with Gasteiger partial charge in [0.15, 0.2) is 11.2 Å². The second-order valence-electron chi connectivity index (χ2n) is 4.20. The van der Waals surface area contributed by atoms with Crippen LogP contribution in [0.1, 0.15) is 5.82 Å². The van der Waals surface area contributed by atoms with Crippen LogP contribution in [-0.4, -0.2) is 28.7 Å². The highest BCUT2D eigenvalue weighted by Gasteiger charge is 2.15. The van der Waals surface area contributed by atoms with E-state index < -0.39 is 11.2 Å². The average molecular weight is 271 g/mol. The van der Waals surface area contributed by atoms with Gasteiger partial charge in [0.1, 0.15) is 6.07 Å². The molecule has 0 aliphatic heterocycles. The van der Waals surface area contributed by atoms with Gasteiger partial charge in [0, 0.05) is 26.5 Å². The zero-order valence-corrected chi connectivity index (χ0v) is 10.7. The van der Waals surface area contributed by atoms with Gasteiger partial charge in [0.25, 0.3) is 5.56 Å². The molecule has 0 spiro atoms. The maximum atomic E-state index is 12.0. The Morgan fingerprint density at radius 2 is 2.05 bits per heavy atom. The summed E-state index contributed by atoms with van der Waals surface area (Å²) >= 11 is 0. The molecule has 0 saturated heterocycles. The quantitative estimate of drug-likeness (QED) is 0.610. The summed E-state index contributed by atoms with van der Waals surface area (Å²) in [6.45, 7) is 0. The Morgan fingerprint density at radius 3 is 2.75 bits per heavy atom. The molecule has 0 aliphatic rings. The van der Waals surface area contributed by atoms with E-state index in [9.17, 15) is 9.59 Å². The lowest BCUT2D eigenvalue weighted by Gasteiger charge is -2.00. The SMILES string of the molecule is Cn1c(=O)c2[nH]c(-n3ccnc3C#N)nc2n(C)c1=O. The maximum absolute atomic E-state index is 12.0. The fraction of sp³-hybridized carbons (Fsp3) is 0.182. The van der Waals surface area contributed by atoms with Crippen molar-refractivity contribution in [1.29, 1.82) is 5.26 Å². The van der Waals surface area contributed by atoms with E-state index in [1.807, 2.05) is 6.07 Å². The maximum Gasteiger partial charge on any atom is 0.332 e. The lowest BCUT2D eigenvalue weighted by atomic mass is 10.5. The lowest BCUT2D eigenvalue weighted by Crippen LogP contribution is -2.36. The van der Waals surface area contributed by atoms with E-state index in [4.69, 9.17) is 5.26 Å². The van der Waals surface area contributed by atoms with Crippen molar-refractivity contribution >= 4 is 11.2 Å². The molecular formula is C11H9N7O2. The summed E-state index contributed by atoms with van der Waals surface area (Å²) in [6, 6.07) is 1.91. The third-order valence-corrected chi connectivity index (χ3v) is 3.05. The van der Waals surface area contributed by atoms with Crippen LogP contribution < -0.4 is 11.2 Å². The highest BCUT2D eigenvalue weighted by molar-refractivity contribution is 5.71. The molecule has 9 nitrogen and oxygen atoms in total. The minimum Gasteiger partial charge on any atom is -0.317 e. The van der Waals surface area contributed by atoms with Crippen LogP contribution in [-0.2, 0) is 14.1 Å². The normalized spacial score (nSPS) is 10.8. The van der Waals surface area contributed by atoms with Gasteiger partial charge in [-0.3, -0.25) is 18.5 Å². The minimum absolute atomic E-state index is 0.130. The molecule has 0 aromatic carbocycles. The number of aromatic amines is 1. The van der Waals surface area contributed by atoms with E-state index in [0.29, 0.717) is 0 Å².